The molecule has 0 aromatic carbocycles. The number of piperidine rings is 1. The molecule has 15 heavy (non-hydrogen) atoms. The van der Waals surface area contributed by atoms with Crippen molar-refractivity contribution in [2.75, 3.05) is 26.2 Å². The van der Waals surface area contributed by atoms with Crippen LogP contribution < -0.4 is 5.32 Å². The van der Waals surface area contributed by atoms with E-state index >= 15 is 0 Å². The third-order valence-electron chi connectivity index (χ3n) is 4.37. The van der Waals surface area contributed by atoms with E-state index in [0.717, 1.165) is 17.9 Å². The molecule has 2 rings (SSSR count). The van der Waals surface area contributed by atoms with Gasteiger partial charge in [-0.2, -0.15) is 0 Å². The number of likely N-dealkylation sites (tertiary alicyclic amines) is 1. The zero-order chi connectivity index (χ0) is 10.7. The SMILES string of the molecule is CCC1CCCCN1C[C@@H]1CNC[C@H]1C. The Kier molecular flexibility index (Phi) is 4.04. The maximum Gasteiger partial charge on any atom is 0.00927 e. The molecule has 88 valence electrons. The van der Waals surface area contributed by atoms with Crippen LogP contribution in [0.4, 0.5) is 0 Å². The molecule has 1 unspecified atom stereocenters. The maximum absolute atomic E-state index is 3.52. The molecule has 2 heteroatoms. The molecule has 0 amide bonds. The third kappa shape index (κ3) is 2.73. The van der Waals surface area contributed by atoms with Crippen LogP contribution in [-0.4, -0.2) is 37.1 Å². The molecule has 0 radical (unpaired) electrons. The molecule has 3 atom stereocenters. The monoisotopic (exact) mass is 210 g/mol. The second-order valence-corrected chi connectivity index (χ2v) is 5.45. The average molecular weight is 210 g/mol. The summed E-state index contributed by atoms with van der Waals surface area (Å²) in [4.78, 5) is 2.76. The summed E-state index contributed by atoms with van der Waals surface area (Å²) in [6, 6.07) is 0.881. The lowest BCUT2D eigenvalue weighted by molar-refractivity contribution is 0.117. The van der Waals surface area contributed by atoms with Crippen LogP contribution in [0.5, 0.6) is 0 Å². The van der Waals surface area contributed by atoms with Gasteiger partial charge in [0, 0.05) is 12.6 Å². The van der Waals surface area contributed by atoms with Crippen molar-refractivity contribution < 1.29 is 0 Å². The molecule has 0 spiro atoms. The molecule has 2 fully saturated rings. The highest BCUT2D eigenvalue weighted by molar-refractivity contribution is 4.84. The van der Waals surface area contributed by atoms with Gasteiger partial charge in [-0.05, 0) is 50.7 Å². The smallest absolute Gasteiger partial charge is 0.00927 e. The second-order valence-electron chi connectivity index (χ2n) is 5.45. The van der Waals surface area contributed by atoms with Crippen LogP contribution in [0, 0.1) is 11.8 Å². The summed E-state index contributed by atoms with van der Waals surface area (Å²) in [6.07, 6.45) is 5.65. The Labute approximate surface area is 94.4 Å². The van der Waals surface area contributed by atoms with E-state index in [0.29, 0.717) is 0 Å². The van der Waals surface area contributed by atoms with E-state index in [2.05, 4.69) is 24.1 Å². The lowest BCUT2D eigenvalue weighted by Gasteiger charge is -2.37. The summed E-state index contributed by atoms with van der Waals surface area (Å²) in [5, 5.41) is 3.52. The first-order valence-corrected chi connectivity index (χ1v) is 6.76. The normalized spacial score (nSPS) is 38.4. The van der Waals surface area contributed by atoms with Crippen molar-refractivity contribution in [1.82, 2.24) is 10.2 Å². The van der Waals surface area contributed by atoms with E-state index in [1.54, 1.807) is 0 Å². The van der Waals surface area contributed by atoms with Crippen molar-refractivity contribution in [3.8, 4) is 0 Å². The minimum Gasteiger partial charge on any atom is -0.316 e. The number of nitrogens with zero attached hydrogens (tertiary/aromatic N) is 1. The molecule has 0 aliphatic carbocycles. The molecule has 2 heterocycles. The Bertz CT molecular complexity index is 193. The van der Waals surface area contributed by atoms with Crippen LogP contribution in [0.2, 0.25) is 0 Å². The molecule has 0 aromatic heterocycles. The van der Waals surface area contributed by atoms with Gasteiger partial charge in [-0.15, -0.1) is 0 Å². The summed E-state index contributed by atoms with van der Waals surface area (Å²) in [5.41, 5.74) is 0. The van der Waals surface area contributed by atoms with Crippen molar-refractivity contribution in [2.24, 2.45) is 11.8 Å². The molecule has 1 N–H and O–H groups in total. The third-order valence-corrected chi connectivity index (χ3v) is 4.37. The van der Waals surface area contributed by atoms with Crippen molar-refractivity contribution in [1.29, 1.82) is 0 Å². The van der Waals surface area contributed by atoms with Crippen LogP contribution >= 0.6 is 0 Å². The van der Waals surface area contributed by atoms with Gasteiger partial charge in [-0.3, -0.25) is 0 Å². The molecule has 0 bridgehead atoms. The van der Waals surface area contributed by atoms with E-state index in [1.807, 2.05) is 0 Å². The van der Waals surface area contributed by atoms with Gasteiger partial charge < -0.3 is 10.2 Å². The van der Waals surface area contributed by atoms with Gasteiger partial charge in [0.05, 0.1) is 0 Å². The van der Waals surface area contributed by atoms with E-state index in [4.69, 9.17) is 0 Å². The zero-order valence-electron chi connectivity index (χ0n) is 10.3. The highest BCUT2D eigenvalue weighted by atomic mass is 15.2. The predicted molar refractivity (Wildman–Crippen MR) is 65.0 cm³/mol. The predicted octanol–water partition coefficient (Wildman–Crippen LogP) is 2.11. The molecule has 2 aliphatic rings. The van der Waals surface area contributed by atoms with Crippen molar-refractivity contribution in [3.63, 3.8) is 0 Å². The van der Waals surface area contributed by atoms with Gasteiger partial charge in [0.2, 0.25) is 0 Å². The van der Waals surface area contributed by atoms with Crippen LogP contribution in [-0.2, 0) is 0 Å². The van der Waals surface area contributed by atoms with Gasteiger partial charge in [0.1, 0.15) is 0 Å². The number of hydrogen-bond acceptors (Lipinski definition) is 2. The quantitative estimate of drug-likeness (QED) is 0.767. The molecule has 0 aromatic rings. The average Bonchev–Trinajstić information content (AvgIpc) is 2.65. The summed E-state index contributed by atoms with van der Waals surface area (Å²) in [7, 11) is 0. The van der Waals surface area contributed by atoms with Crippen LogP contribution in [0.1, 0.15) is 39.5 Å². The molecular weight excluding hydrogens is 184 g/mol. The van der Waals surface area contributed by atoms with Crippen molar-refractivity contribution in [3.05, 3.63) is 0 Å². The summed E-state index contributed by atoms with van der Waals surface area (Å²) in [5.74, 6) is 1.78. The van der Waals surface area contributed by atoms with E-state index in [1.165, 1.54) is 51.9 Å². The van der Waals surface area contributed by atoms with E-state index in [-0.39, 0.29) is 0 Å². The summed E-state index contributed by atoms with van der Waals surface area (Å²) < 4.78 is 0. The van der Waals surface area contributed by atoms with Gasteiger partial charge >= 0.3 is 0 Å². The largest absolute Gasteiger partial charge is 0.316 e. The topological polar surface area (TPSA) is 15.3 Å². The van der Waals surface area contributed by atoms with Crippen molar-refractivity contribution in [2.45, 2.75) is 45.6 Å². The summed E-state index contributed by atoms with van der Waals surface area (Å²) in [6.45, 7) is 9.91. The minimum atomic E-state index is 0.879. The first-order valence-electron chi connectivity index (χ1n) is 6.76. The highest BCUT2D eigenvalue weighted by Gasteiger charge is 2.28. The number of hydrogen-bond donors (Lipinski definition) is 1. The number of rotatable bonds is 3. The maximum atomic E-state index is 3.52. The van der Waals surface area contributed by atoms with Gasteiger partial charge in [0.15, 0.2) is 0 Å². The molecule has 2 aliphatic heterocycles. The fourth-order valence-electron chi connectivity index (χ4n) is 3.17. The number of nitrogens with one attached hydrogen (secondary N) is 1. The molecule has 0 saturated carbocycles. The lowest BCUT2D eigenvalue weighted by Crippen LogP contribution is -2.43. The van der Waals surface area contributed by atoms with Gasteiger partial charge in [0.25, 0.3) is 0 Å². The van der Waals surface area contributed by atoms with E-state index in [9.17, 15) is 0 Å². The summed E-state index contributed by atoms with van der Waals surface area (Å²) >= 11 is 0. The molecule has 2 nitrogen and oxygen atoms in total. The highest BCUT2D eigenvalue weighted by Crippen LogP contribution is 2.24. The first kappa shape index (κ1) is 11.4. The Hall–Kier alpha value is -0.0800. The Morgan fingerprint density at radius 2 is 2.13 bits per heavy atom. The Morgan fingerprint density at radius 3 is 2.80 bits per heavy atom. The van der Waals surface area contributed by atoms with E-state index < -0.39 is 0 Å². The Balaban J connectivity index is 1.85. The standard InChI is InChI=1S/C13H26N2/c1-3-13-6-4-5-7-15(13)10-12-9-14-8-11(12)2/h11-14H,3-10H2,1-2H3/t11-,12+,13?/m1/s1. The van der Waals surface area contributed by atoms with Crippen molar-refractivity contribution >= 4 is 0 Å². The Morgan fingerprint density at radius 1 is 1.27 bits per heavy atom. The fourth-order valence-corrected chi connectivity index (χ4v) is 3.17. The van der Waals surface area contributed by atoms with Gasteiger partial charge in [-0.1, -0.05) is 20.3 Å². The first-order chi connectivity index (χ1) is 7.31. The molecular formula is C13H26N2. The molecule has 2 saturated heterocycles. The van der Waals surface area contributed by atoms with Crippen LogP contribution in [0.25, 0.3) is 0 Å². The van der Waals surface area contributed by atoms with Gasteiger partial charge in [-0.25, -0.2) is 0 Å². The lowest BCUT2D eigenvalue weighted by atomic mass is 9.93. The minimum absolute atomic E-state index is 0.879. The fraction of sp³-hybridized carbons (Fsp3) is 1.00. The van der Waals surface area contributed by atoms with Crippen LogP contribution in [0.3, 0.4) is 0 Å². The zero-order valence-corrected chi connectivity index (χ0v) is 10.3. The van der Waals surface area contributed by atoms with Crippen LogP contribution in [0.15, 0.2) is 0 Å². The second kappa shape index (κ2) is 5.31.